The lowest BCUT2D eigenvalue weighted by molar-refractivity contribution is -0.387. The van der Waals surface area contributed by atoms with E-state index < -0.39 is 57.0 Å². The molecule has 1 amide bonds. The molecule has 0 aliphatic heterocycles. The van der Waals surface area contributed by atoms with Gasteiger partial charge in [-0.1, -0.05) is 46.5 Å². The molecule has 0 heterocycles. The maximum Gasteiger partial charge on any atom is 0.407 e. The van der Waals surface area contributed by atoms with Crippen molar-refractivity contribution >= 4 is 34.1 Å². The fourth-order valence-electron chi connectivity index (χ4n) is 2.55. The minimum atomic E-state index is -2.63. The van der Waals surface area contributed by atoms with Crippen molar-refractivity contribution in [3.8, 4) is 0 Å². The second kappa shape index (κ2) is 10.7. The fourth-order valence-corrected chi connectivity index (χ4v) is 4.53. The molecule has 2 atom stereocenters. The Kier molecular flexibility index (Phi) is 9.35. The van der Waals surface area contributed by atoms with Gasteiger partial charge in [-0.15, -0.1) is 0 Å². The van der Waals surface area contributed by atoms with Gasteiger partial charge < -0.3 is 19.6 Å². The second-order valence-corrected chi connectivity index (χ2v) is 21.1. The lowest BCUT2D eigenvalue weighted by Gasteiger charge is -2.40. The topological polar surface area (TPSA) is 128 Å². The molecule has 0 saturated heterocycles. The van der Waals surface area contributed by atoms with E-state index in [2.05, 4.69) is 25.0 Å². The number of nitrogens with one attached hydrogen (secondary N) is 1. The summed E-state index contributed by atoms with van der Waals surface area (Å²) < 4.78 is 25.4. The third-order valence-electron chi connectivity index (χ3n) is 5.65. The van der Waals surface area contributed by atoms with Crippen LogP contribution < -0.4 is 5.32 Å². The van der Waals surface area contributed by atoms with E-state index in [1.54, 1.807) is 0 Å². The van der Waals surface area contributed by atoms with Crippen LogP contribution in [0.15, 0.2) is 18.2 Å². The number of nitro groups is 1. The molecule has 0 unspecified atom stereocenters. The summed E-state index contributed by atoms with van der Waals surface area (Å²) in [5.41, 5.74) is -0.735. The Labute approximate surface area is 196 Å². The van der Waals surface area contributed by atoms with E-state index in [0.29, 0.717) is 6.04 Å². The highest BCUT2D eigenvalue weighted by atomic mass is 28.4. The zero-order valence-corrected chi connectivity index (χ0v) is 22.5. The summed E-state index contributed by atoms with van der Waals surface area (Å²) in [6.07, 6.45) is -2.23. The Hall–Kier alpha value is -2.32. The molecule has 0 aromatic heterocycles. The molecule has 0 spiro atoms. The van der Waals surface area contributed by atoms with Crippen molar-refractivity contribution in [2.75, 3.05) is 6.61 Å². The van der Waals surface area contributed by atoms with Crippen LogP contribution in [-0.4, -0.2) is 51.1 Å². The minimum Gasteiger partial charge on any atom is -0.480 e. The summed E-state index contributed by atoms with van der Waals surface area (Å²) in [6, 6.07) is 2.16. The van der Waals surface area contributed by atoms with Gasteiger partial charge in [0.25, 0.3) is 0 Å². The van der Waals surface area contributed by atoms with Crippen molar-refractivity contribution in [3.05, 3.63) is 39.7 Å². The third kappa shape index (κ3) is 8.52. The van der Waals surface area contributed by atoms with Gasteiger partial charge in [0.05, 0.1) is 11.5 Å². The number of benzene rings is 1. The zero-order chi connectivity index (χ0) is 25.8. The Morgan fingerprint density at radius 3 is 2.24 bits per heavy atom. The van der Waals surface area contributed by atoms with E-state index in [1.165, 1.54) is 6.07 Å². The van der Waals surface area contributed by atoms with Crippen molar-refractivity contribution in [2.24, 2.45) is 0 Å². The normalized spacial score (nSPS) is 14.3. The van der Waals surface area contributed by atoms with E-state index in [1.807, 2.05) is 33.9 Å². The number of alkyl carbamates (subject to hydrolysis) is 1. The number of hydrogen-bond acceptors (Lipinski definition) is 6. The number of aliphatic carboxylic acids is 1. The van der Waals surface area contributed by atoms with Crippen LogP contribution in [0.2, 0.25) is 43.8 Å². The molecule has 9 nitrogen and oxygen atoms in total. The van der Waals surface area contributed by atoms with Crippen molar-refractivity contribution in [3.63, 3.8) is 0 Å². The molecule has 0 bridgehead atoms. The summed E-state index contributed by atoms with van der Waals surface area (Å²) in [4.78, 5) is 34.9. The SMILES string of the molecule is CC(C)(C)[Si](C)(C)O[C@H](c1ccc(F)c([N+](=O)[O-])c1)[C@@H](NC(=O)OCC[Si](C)(C)C)C(=O)O. The fraction of sp³-hybridized carbons (Fsp3) is 0.619. The summed E-state index contributed by atoms with van der Waals surface area (Å²) in [5.74, 6) is -2.46. The van der Waals surface area contributed by atoms with Crippen LogP contribution in [-0.2, 0) is 14.0 Å². The predicted octanol–water partition coefficient (Wildman–Crippen LogP) is 5.31. The maximum atomic E-state index is 13.9. The average molecular weight is 503 g/mol. The molecular formula is C21H35FN2O7Si2. The first kappa shape index (κ1) is 28.7. The van der Waals surface area contributed by atoms with Gasteiger partial charge in [-0.3, -0.25) is 10.1 Å². The van der Waals surface area contributed by atoms with Gasteiger partial charge >= 0.3 is 17.7 Å². The van der Waals surface area contributed by atoms with Gasteiger partial charge in [0.1, 0.15) is 6.10 Å². The highest BCUT2D eigenvalue weighted by Gasteiger charge is 2.44. The van der Waals surface area contributed by atoms with Crippen molar-refractivity contribution in [2.45, 2.75) is 76.7 Å². The molecule has 1 rings (SSSR count). The minimum absolute atomic E-state index is 0.0720. The summed E-state index contributed by atoms with van der Waals surface area (Å²) in [7, 11) is -4.11. The van der Waals surface area contributed by atoms with Gasteiger partial charge in [0.2, 0.25) is 5.82 Å². The lowest BCUT2D eigenvalue weighted by atomic mass is 10.0. The Balaban J connectivity index is 3.37. The van der Waals surface area contributed by atoms with E-state index in [-0.39, 0.29) is 17.2 Å². The molecule has 2 N–H and O–H groups in total. The maximum absolute atomic E-state index is 13.9. The van der Waals surface area contributed by atoms with Gasteiger partial charge in [-0.2, -0.15) is 4.39 Å². The Bertz CT molecular complexity index is 882. The van der Waals surface area contributed by atoms with Crippen LogP contribution in [0.3, 0.4) is 0 Å². The smallest absolute Gasteiger partial charge is 0.407 e. The monoisotopic (exact) mass is 502 g/mol. The van der Waals surface area contributed by atoms with Crippen molar-refractivity contribution in [1.29, 1.82) is 0 Å². The zero-order valence-electron chi connectivity index (χ0n) is 20.5. The predicted molar refractivity (Wildman–Crippen MR) is 128 cm³/mol. The number of rotatable bonds is 10. The molecular weight excluding hydrogens is 467 g/mol. The first-order valence-electron chi connectivity index (χ1n) is 10.6. The number of nitro benzene ring substituents is 1. The van der Waals surface area contributed by atoms with Gasteiger partial charge in [0, 0.05) is 14.1 Å². The Morgan fingerprint density at radius 1 is 1.21 bits per heavy atom. The van der Waals surface area contributed by atoms with Crippen LogP contribution in [0.25, 0.3) is 0 Å². The molecule has 0 aliphatic rings. The van der Waals surface area contributed by atoms with Gasteiger partial charge in [0.15, 0.2) is 14.4 Å². The molecule has 186 valence electrons. The van der Waals surface area contributed by atoms with E-state index in [9.17, 15) is 29.2 Å². The number of amides is 1. The highest BCUT2D eigenvalue weighted by Crippen LogP contribution is 2.41. The summed E-state index contributed by atoms with van der Waals surface area (Å²) in [5, 5.41) is 23.1. The molecule has 0 fully saturated rings. The number of hydrogen-bond donors (Lipinski definition) is 2. The highest BCUT2D eigenvalue weighted by molar-refractivity contribution is 6.76. The molecule has 0 radical (unpaired) electrons. The number of ether oxygens (including phenoxy) is 1. The van der Waals surface area contributed by atoms with Crippen molar-refractivity contribution in [1.82, 2.24) is 5.32 Å². The summed E-state index contributed by atoms with van der Waals surface area (Å²) >= 11 is 0. The quantitative estimate of drug-likeness (QED) is 0.252. The third-order valence-corrected chi connectivity index (χ3v) is 11.8. The number of halogens is 1. The van der Waals surface area contributed by atoms with Crippen LogP contribution in [0.5, 0.6) is 0 Å². The molecule has 12 heteroatoms. The second-order valence-electron chi connectivity index (χ2n) is 10.7. The standard InChI is InChI=1S/C21H35FN2O7Si2/c1-21(2,3)33(7,8)31-18(14-9-10-15(22)16(13-14)24(28)29)17(19(25)26)23-20(27)30-11-12-32(4,5)6/h9-10,13,17-18H,11-12H2,1-8H3,(H,23,27)(H,25,26)/t17-,18-/m1/s1. The van der Waals surface area contributed by atoms with Gasteiger partial charge in [-0.25, -0.2) is 9.59 Å². The molecule has 1 aromatic rings. The first-order chi connectivity index (χ1) is 14.9. The lowest BCUT2D eigenvalue weighted by Crippen LogP contribution is -2.51. The largest absolute Gasteiger partial charge is 0.480 e. The average Bonchev–Trinajstić information content (AvgIpc) is 2.62. The number of carbonyl (C=O) groups is 2. The first-order valence-corrected chi connectivity index (χ1v) is 17.2. The molecule has 0 saturated carbocycles. The van der Waals surface area contributed by atoms with Crippen LogP contribution >= 0.6 is 0 Å². The van der Waals surface area contributed by atoms with Crippen molar-refractivity contribution < 1.29 is 33.2 Å². The van der Waals surface area contributed by atoms with Crippen LogP contribution in [0.4, 0.5) is 14.9 Å². The number of carboxylic acids is 1. The molecule has 1 aromatic carbocycles. The van der Waals surface area contributed by atoms with E-state index in [4.69, 9.17) is 9.16 Å². The van der Waals surface area contributed by atoms with Crippen LogP contribution in [0, 0.1) is 15.9 Å². The van der Waals surface area contributed by atoms with Gasteiger partial charge in [-0.05, 0) is 35.8 Å². The molecule has 0 aliphatic carbocycles. The number of carboxylic acid groups (broad SMARTS) is 1. The molecule has 33 heavy (non-hydrogen) atoms. The number of nitrogens with zero attached hydrogens (tertiary/aromatic N) is 1. The Morgan fingerprint density at radius 2 is 1.79 bits per heavy atom. The van der Waals surface area contributed by atoms with Crippen LogP contribution in [0.1, 0.15) is 32.4 Å². The van der Waals surface area contributed by atoms with E-state index in [0.717, 1.165) is 12.1 Å². The number of carbonyl (C=O) groups excluding carboxylic acids is 1. The van der Waals surface area contributed by atoms with E-state index >= 15 is 0 Å². The summed E-state index contributed by atoms with van der Waals surface area (Å²) in [6.45, 7) is 16.1.